The van der Waals surface area contributed by atoms with Gasteiger partial charge in [-0.15, -0.1) is 0 Å². The molecule has 0 spiro atoms. The average Bonchev–Trinajstić information content (AvgIpc) is 3.22. The number of nitrogens with zero attached hydrogens (tertiary/aromatic N) is 2. The average molecular weight is 497 g/mol. The van der Waals surface area contributed by atoms with E-state index < -0.39 is 41.6 Å². The molecule has 1 saturated heterocycles. The monoisotopic (exact) mass is 496 g/mol. The van der Waals surface area contributed by atoms with E-state index in [1.807, 2.05) is 0 Å². The molecule has 0 bridgehead atoms. The Labute approximate surface area is 206 Å². The summed E-state index contributed by atoms with van der Waals surface area (Å²) in [4.78, 5) is 55.4. The third kappa shape index (κ3) is 11.5. The lowest BCUT2D eigenvalue weighted by Gasteiger charge is -2.30. The number of hydrogen-bond donors (Lipinski definition) is 6. The van der Waals surface area contributed by atoms with Crippen molar-refractivity contribution in [2.75, 3.05) is 13.1 Å². The topological polar surface area (TPSA) is 219 Å². The van der Waals surface area contributed by atoms with Crippen molar-refractivity contribution >= 4 is 36.0 Å². The molecule has 0 saturated carbocycles. The number of amidine groups is 1. The first-order chi connectivity index (χ1) is 16.3. The van der Waals surface area contributed by atoms with Crippen molar-refractivity contribution in [1.29, 1.82) is 5.41 Å². The van der Waals surface area contributed by atoms with E-state index in [9.17, 15) is 19.2 Å². The van der Waals surface area contributed by atoms with Crippen molar-refractivity contribution in [1.82, 2.24) is 15.5 Å². The maximum Gasteiger partial charge on any atom is 0.408 e. The highest BCUT2D eigenvalue weighted by atomic mass is 16.6. The van der Waals surface area contributed by atoms with E-state index in [0.29, 0.717) is 51.4 Å². The first-order valence-electron chi connectivity index (χ1n) is 11.8. The van der Waals surface area contributed by atoms with Crippen LogP contribution in [0.5, 0.6) is 0 Å². The molecule has 13 nitrogen and oxygen atoms in total. The van der Waals surface area contributed by atoms with Crippen LogP contribution in [0.1, 0.15) is 65.7 Å². The lowest BCUT2D eigenvalue weighted by Crippen LogP contribution is -2.55. The predicted molar refractivity (Wildman–Crippen MR) is 132 cm³/mol. The molecular formula is C22H40N8O5. The summed E-state index contributed by atoms with van der Waals surface area (Å²) in [6.45, 7) is 5.75. The summed E-state index contributed by atoms with van der Waals surface area (Å²) in [6, 6.07) is -2.45. The molecule has 1 aliphatic heterocycles. The highest BCUT2D eigenvalue weighted by molar-refractivity contribution is 5.92. The molecule has 0 aliphatic carbocycles. The van der Waals surface area contributed by atoms with Gasteiger partial charge in [-0.1, -0.05) is 0 Å². The maximum atomic E-state index is 13.4. The second-order valence-electron chi connectivity index (χ2n) is 9.51. The Hall–Kier alpha value is -3.38. The number of aliphatic imine (C=N–C) groups is 1. The first-order valence-corrected chi connectivity index (χ1v) is 11.8. The standard InChI is InChI=1S/C22H40N8O5/c1-22(2,3)35-21(34)29-15(8-5-11-27-20(25)26)19(33)30-12-6-9-16(30)18(32)28-14(13-31)7-4-10-17(23)24/h13-16H,4-12H2,1-3H3,(H3,23,24)(H,28,32)(H,29,34)(H4,25,26,27)/t14-,15+,16-/m0/s1. The molecule has 198 valence electrons. The Morgan fingerprint density at radius 3 is 2.43 bits per heavy atom. The molecule has 3 amide bonds. The van der Waals surface area contributed by atoms with Gasteiger partial charge in [0.05, 0.1) is 11.9 Å². The van der Waals surface area contributed by atoms with Crippen molar-refractivity contribution < 1.29 is 23.9 Å². The van der Waals surface area contributed by atoms with Crippen LogP contribution < -0.4 is 27.8 Å². The Bertz CT molecular complexity index is 791. The van der Waals surface area contributed by atoms with Crippen LogP contribution in [0.4, 0.5) is 4.79 Å². The number of ether oxygens (including phenoxy) is 1. The second-order valence-corrected chi connectivity index (χ2v) is 9.51. The Morgan fingerprint density at radius 2 is 1.86 bits per heavy atom. The van der Waals surface area contributed by atoms with Crippen LogP contribution in [0.3, 0.4) is 0 Å². The second kappa shape index (κ2) is 14.1. The molecule has 13 heteroatoms. The van der Waals surface area contributed by atoms with E-state index in [4.69, 9.17) is 27.3 Å². The minimum atomic E-state index is -0.940. The molecule has 9 N–H and O–H groups in total. The number of carbonyl (C=O) groups is 4. The smallest absolute Gasteiger partial charge is 0.408 e. The summed E-state index contributed by atoms with van der Waals surface area (Å²) in [5.74, 6) is -0.918. The Kier molecular flexibility index (Phi) is 12.0. The largest absolute Gasteiger partial charge is 0.444 e. The molecule has 3 atom stereocenters. The molecule has 0 aromatic rings. The number of guanidine groups is 1. The van der Waals surface area contributed by atoms with Crippen molar-refractivity contribution in [3.8, 4) is 0 Å². The van der Waals surface area contributed by atoms with Crippen molar-refractivity contribution in [3.05, 3.63) is 0 Å². The summed E-state index contributed by atoms with van der Waals surface area (Å²) in [7, 11) is 0. The van der Waals surface area contributed by atoms with Crippen LogP contribution in [-0.4, -0.2) is 77.7 Å². The lowest BCUT2D eigenvalue weighted by molar-refractivity contribution is -0.140. The van der Waals surface area contributed by atoms with Gasteiger partial charge in [-0.05, 0) is 59.3 Å². The van der Waals surface area contributed by atoms with E-state index in [-0.39, 0.29) is 24.8 Å². The minimum absolute atomic E-state index is 0.0110. The fourth-order valence-electron chi connectivity index (χ4n) is 3.68. The van der Waals surface area contributed by atoms with Gasteiger partial charge in [0.15, 0.2) is 5.96 Å². The predicted octanol–water partition coefficient (Wildman–Crippen LogP) is -0.286. The molecule has 0 unspecified atom stereocenters. The van der Waals surface area contributed by atoms with Crippen molar-refractivity contribution in [2.24, 2.45) is 22.2 Å². The van der Waals surface area contributed by atoms with E-state index in [0.717, 1.165) is 0 Å². The Balaban J connectivity index is 2.88. The van der Waals surface area contributed by atoms with E-state index in [2.05, 4.69) is 15.6 Å². The first kappa shape index (κ1) is 29.7. The number of hydrogen-bond acceptors (Lipinski definition) is 7. The molecule has 0 aromatic carbocycles. The van der Waals surface area contributed by atoms with Crippen LogP contribution in [0.25, 0.3) is 0 Å². The number of aldehydes is 1. The quantitative estimate of drug-likeness (QED) is 0.0859. The summed E-state index contributed by atoms with van der Waals surface area (Å²) in [5.41, 5.74) is 15.3. The van der Waals surface area contributed by atoms with Gasteiger partial charge < -0.3 is 42.3 Å². The number of nitrogens with two attached hydrogens (primary N) is 3. The van der Waals surface area contributed by atoms with E-state index in [1.54, 1.807) is 20.8 Å². The number of alkyl carbamates (subject to hydrolysis) is 1. The zero-order valence-electron chi connectivity index (χ0n) is 20.8. The molecule has 1 fully saturated rings. The van der Waals surface area contributed by atoms with Crippen LogP contribution in [-0.2, 0) is 19.1 Å². The molecule has 1 rings (SSSR count). The van der Waals surface area contributed by atoms with Crippen LogP contribution >= 0.6 is 0 Å². The summed E-state index contributed by atoms with van der Waals surface area (Å²) >= 11 is 0. The number of amides is 3. The lowest BCUT2D eigenvalue weighted by atomic mass is 10.1. The van der Waals surface area contributed by atoms with Crippen molar-refractivity contribution in [3.63, 3.8) is 0 Å². The van der Waals surface area contributed by atoms with Gasteiger partial charge in [0.2, 0.25) is 11.8 Å². The van der Waals surface area contributed by atoms with E-state index >= 15 is 0 Å². The van der Waals surface area contributed by atoms with E-state index in [1.165, 1.54) is 4.90 Å². The third-order valence-electron chi connectivity index (χ3n) is 5.23. The summed E-state index contributed by atoms with van der Waals surface area (Å²) < 4.78 is 5.29. The summed E-state index contributed by atoms with van der Waals surface area (Å²) in [5, 5.41) is 12.5. The molecular weight excluding hydrogens is 456 g/mol. The van der Waals surface area contributed by atoms with Gasteiger partial charge >= 0.3 is 6.09 Å². The number of likely N-dealkylation sites (tertiary alicyclic amines) is 1. The van der Waals surface area contributed by atoms with Gasteiger partial charge in [-0.3, -0.25) is 20.0 Å². The molecule has 35 heavy (non-hydrogen) atoms. The van der Waals surface area contributed by atoms with Crippen LogP contribution in [0, 0.1) is 5.41 Å². The van der Waals surface area contributed by atoms with Gasteiger partial charge in [0, 0.05) is 19.5 Å². The zero-order valence-corrected chi connectivity index (χ0v) is 20.8. The molecule has 1 heterocycles. The molecule has 0 aromatic heterocycles. The number of nitrogens with one attached hydrogen (secondary N) is 3. The molecule has 1 aliphatic rings. The van der Waals surface area contributed by atoms with Gasteiger partial charge in [-0.2, -0.15) is 0 Å². The fraction of sp³-hybridized carbons (Fsp3) is 0.727. The zero-order chi connectivity index (χ0) is 26.6. The molecule has 0 radical (unpaired) electrons. The summed E-state index contributed by atoms with van der Waals surface area (Å²) in [6.07, 6.45) is 2.72. The maximum absolute atomic E-state index is 13.4. The SMILES string of the molecule is CC(C)(C)OC(=O)N[C@H](CCCN=C(N)N)C(=O)N1CCC[C@H]1C(=O)N[C@H](C=O)CCCC(=N)N. The fourth-order valence-corrected chi connectivity index (χ4v) is 3.68. The van der Waals surface area contributed by atoms with Crippen LogP contribution in [0.2, 0.25) is 0 Å². The highest BCUT2D eigenvalue weighted by Gasteiger charge is 2.38. The number of carbonyl (C=O) groups excluding carboxylic acids is 4. The third-order valence-corrected chi connectivity index (χ3v) is 5.23. The van der Waals surface area contributed by atoms with Gasteiger partial charge in [0.25, 0.3) is 0 Å². The van der Waals surface area contributed by atoms with Crippen LogP contribution in [0.15, 0.2) is 4.99 Å². The normalized spacial score (nSPS) is 17.1. The number of rotatable bonds is 13. The Morgan fingerprint density at radius 1 is 1.17 bits per heavy atom. The highest BCUT2D eigenvalue weighted by Crippen LogP contribution is 2.20. The minimum Gasteiger partial charge on any atom is -0.444 e. The van der Waals surface area contributed by atoms with Gasteiger partial charge in [-0.25, -0.2) is 4.79 Å². The van der Waals surface area contributed by atoms with Crippen molar-refractivity contribution in [2.45, 2.75) is 89.4 Å². The van der Waals surface area contributed by atoms with Gasteiger partial charge in [0.1, 0.15) is 24.0 Å².